The van der Waals surface area contributed by atoms with E-state index >= 15 is 0 Å². The number of benzene rings is 1. The number of anilines is 1. The van der Waals surface area contributed by atoms with Crippen LogP contribution in [0.15, 0.2) is 30.3 Å². The Kier molecular flexibility index (Phi) is 7.80. The molecule has 2 N–H and O–H groups in total. The van der Waals surface area contributed by atoms with Gasteiger partial charge in [0.2, 0.25) is 0 Å². The minimum Gasteiger partial charge on any atom is -0.456 e. The zero-order valence-corrected chi connectivity index (χ0v) is 16.5. The number of para-hydroxylation sites is 1. The van der Waals surface area contributed by atoms with Crippen molar-refractivity contribution in [2.24, 2.45) is 0 Å². The van der Waals surface area contributed by atoms with Crippen LogP contribution in [0.4, 0.5) is 10.5 Å². The van der Waals surface area contributed by atoms with Crippen molar-refractivity contribution in [2.75, 3.05) is 36.5 Å². The highest BCUT2D eigenvalue weighted by atomic mass is 32.2. The number of likely N-dealkylation sites (N-methyl/N-ethyl adjacent to an activating group) is 1. The molecule has 0 unspecified atom stereocenters. The third kappa shape index (κ3) is 6.84. The summed E-state index contributed by atoms with van der Waals surface area (Å²) in [5.74, 6) is -1.03. The zero-order chi connectivity index (χ0) is 20.6. The summed E-state index contributed by atoms with van der Waals surface area (Å²) < 4.78 is 28.1. The second kappa shape index (κ2) is 10.1. The van der Waals surface area contributed by atoms with Crippen molar-refractivity contribution < 1.29 is 27.5 Å². The van der Waals surface area contributed by atoms with Gasteiger partial charge in [-0.3, -0.25) is 9.59 Å². The monoisotopic (exact) mass is 411 g/mol. The van der Waals surface area contributed by atoms with Gasteiger partial charge in [-0.05, 0) is 25.5 Å². The van der Waals surface area contributed by atoms with Gasteiger partial charge in [-0.2, -0.15) is 0 Å². The normalized spacial score (nSPS) is 17.5. The highest BCUT2D eigenvalue weighted by Gasteiger charge is 2.34. The topological polar surface area (TPSA) is 122 Å². The average Bonchev–Trinajstić information content (AvgIpc) is 3.01. The number of carbonyl (C=O) groups is 3. The molecule has 0 aliphatic carbocycles. The lowest BCUT2D eigenvalue weighted by Gasteiger charge is -2.26. The van der Waals surface area contributed by atoms with Crippen molar-refractivity contribution in [3.05, 3.63) is 30.3 Å². The van der Waals surface area contributed by atoms with E-state index in [0.29, 0.717) is 18.7 Å². The van der Waals surface area contributed by atoms with E-state index in [0.717, 1.165) is 0 Å². The van der Waals surface area contributed by atoms with Gasteiger partial charge in [-0.15, -0.1) is 0 Å². The van der Waals surface area contributed by atoms with E-state index in [-0.39, 0.29) is 30.5 Å². The first-order chi connectivity index (χ1) is 13.3. The number of carbonyl (C=O) groups excluding carboxylic acids is 3. The highest BCUT2D eigenvalue weighted by molar-refractivity contribution is 7.91. The summed E-state index contributed by atoms with van der Waals surface area (Å²) in [4.78, 5) is 37.1. The molecule has 1 fully saturated rings. The van der Waals surface area contributed by atoms with Crippen LogP contribution in [-0.2, 0) is 24.2 Å². The maximum absolute atomic E-state index is 12.2. The van der Waals surface area contributed by atoms with E-state index in [9.17, 15) is 22.8 Å². The number of amides is 3. The zero-order valence-electron chi connectivity index (χ0n) is 15.7. The number of hydrogen-bond acceptors (Lipinski definition) is 6. The minimum atomic E-state index is -3.11. The molecule has 9 nitrogen and oxygen atoms in total. The average molecular weight is 411 g/mol. The number of hydrogen-bond donors (Lipinski definition) is 2. The lowest BCUT2D eigenvalue weighted by Crippen LogP contribution is -2.43. The van der Waals surface area contributed by atoms with Crippen molar-refractivity contribution in [3.63, 3.8) is 0 Å². The second-order valence-corrected chi connectivity index (χ2v) is 8.62. The molecule has 10 heteroatoms. The van der Waals surface area contributed by atoms with E-state index in [1.807, 2.05) is 6.07 Å². The number of esters is 1. The Morgan fingerprint density at radius 3 is 2.54 bits per heavy atom. The summed E-state index contributed by atoms with van der Waals surface area (Å²) in [6, 6.07) is 8.03. The molecule has 2 rings (SSSR count). The van der Waals surface area contributed by atoms with Crippen LogP contribution in [0.1, 0.15) is 19.8 Å². The Balaban J connectivity index is 1.67. The molecular formula is C18H25N3O6S. The molecule has 0 saturated carbocycles. The van der Waals surface area contributed by atoms with E-state index in [2.05, 4.69) is 10.6 Å². The lowest BCUT2D eigenvalue weighted by molar-refractivity contribution is -0.152. The summed E-state index contributed by atoms with van der Waals surface area (Å²) in [6.07, 6.45) is 0.315. The van der Waals surface area contributed by atoms with Crippen LogP contribution in [0.2, 0.25) is 0 Å². The van der Waals surface area contributed by atoms with Gasteiger partial charge in [0.25, 0.3) is 5.91 Å². The molecule has 1 saturated heterocycles. The molecule has 154 valence electrons. The van der Waals surface area contributed by atoms with Gasteiger partial charge in [0, 0.05) is 24.8 Å². The first-order valence-corrected chi connectivity index (χ1v) is 10.9. The predicted molar refractivity (Wildman–Crippen MR) is 103 cm³/mol. The Hall–Kier alpha value is -2.62. The second-order valence-electron chi connectivity index (χ2n) is 6.39. The fourth-order valence-corrected chi connectivity index (χ4v) is 4.66. The molecule has 1 aromatic carbocycles. The summed E-state index contributed by atoms with van der Waals surface area (Å²) in [5.41, 5.74) is 0.627. The molecule has 1 heterocycles. The van der Waals surface area contributed by atoms with Crippen LogP contribution in [0.25, 0.3) is 0 Å². The minimum absolute atomic E-state index is 0.0546. The van der Waals surface area contributed by atoms with Gasteiger partial charge in [0.1, 0.15) is 0 Å². The SMILES string of the molecule is CCN(C(=O)COC(=O)CCNC(=O)Nc1ccccc1)[C@H]1CCS(=O)(=O)C1. The molecule has 28 heavy (non-hydrogen) atoms. The van der Waals surface area contributed by atoms with Gasteiger partial charge in [0.15, 0.2) is 16.4 Å². The van der Waals surface area contributed by atoms with E-state index in [4.69, 9.17) is 4.74 Å². The first-order valence-electron chi connectivity index (χ1n) is 9.06. The van der Waals surface area contributed by atoms with Crippen LogP contribution >= 0.6 is 0 Å². The number of ether oxygens (including phenoxy) is 1. The van der Waals surface area contributed by atoms with Crippen LogP contribution in [0.5, 0.6) is 0 Å². The van der Waals surface area contributed by atoms with Crippen molar-refractivity contribution in [1.82, 2.24) is 10.2 Å². The van der Waals surface area contributed by atoms with E-state index in [1.165, 1.54) is 4.90 Å². The fraction of sp³-hybridized carbons (Fsp3) is 0.500. The molecule has 0 bridgehead atoms. The number of urea groups is 1. The predicted octanol–water partition coefficient (Wildman–Crippen LogP) is 0.777. The van der Waals surface area contributed by atoms with Crippen LogP contribution in [0.3, 0.4) is 0 Å². The maximum atomic E-state index is 12.2. The molecule has 1 aliphatic heterocycles. The van der Waals surface area contributed by atoms with Crippen LogP contribution in [0, 0.1) is 0 Å². The Morgan fingerprint density at radius 1 is 1.21 bits per heavy atom. The van der Waals surface area contributed by atoms with Gasteiger partial charge in [0.05, 0.1) is 17.9 Å². The highest BCUT2D eigenvalue weighted by Crippen LogP contribution is 2.17. The van der Waals surface area contributed by atoms with Gasteiger partial charge >= 0.3 is 12.0 Å². The number of sulfone groups is 1. The molecule has 1 atom stereocenters. The first kappa shape index (κ1) is 21.7. The Bertz CT molecular complexity index is 797. The number of nitrogens with zero attached hydrogens (tertiary/aromatic N) is 1. The van der Waals surface area contributed by atoms with Crippen molar-refractivity contribution >= 4 is 33.4 Å². The Labute approximate surface area is 164 Å². The molecule has 3 amide bonds. The quantitative estimate of drug-likeness (QED) is 0.610. The van der Waals surface area contributed by atoms with Crippen molar-refractivity contribution in [1.29, 1.82) is 0 Å². The molecule has 1 aromatic rings. The fourth-order valence-electron chi connectivity index (χ4n) is 2.93. The summed E-state index contributed by atoms with van der Waals surface area (Å²) in [6.45, 7) is 1.71. The smallest absolute Gasteiger partial charge is 0.319 e. The van der Waals surface area contributed by atoms with Crippen molar-refractivity contribution in [3.8, 4) is 0 Å². The molecule has 1 aliphatic rings. The third-order valence-corrected chi connectivity index (χ3v) is 6.06. The van der Waals surface area contributed by atoms with Crippen molar-refractivity contribution in [2.45, 2.75) is 25.8 Å². The van der Waals surface area contributed by atoms with Crippen LogP contribution < -0.4 is 10.6 Å². The van der Waals surface area contributed by atoms with Gasteiger partial charge in [-0.25, -0.2) is 13.2 Å². The van der Waals surface area contributed by atoms with Gasteiger partial charge < -0.3 is 20.3 Å². The maximum Gasteiger partial charge on any atom is 0.319 e. The molecular weight excluding hydrogens is 386 g/mol. The summed E-state index contributed by atoms with van der Waals surface area (Å²) >= 11 is 0. The lowest BCUT2D eigenvalue weighted by atomic mass is 10.2. The number of nitrogens with one attached hydrogen (secondary N) is 2. The third-order valence-electron chi connectivity index (χ3n) is 4.31. The standard InChI is InChI=1S/C18H25N3O6S/c1-2-21(15-9-11-28(25,26)13-15)16(22)12-27-17(23)8-10-19-18(24)20-14-6-4-3-5-7-14/h3-7,15H,2,8-13H2,1H3,(H2,19,20,24)/t15-/m0/s1. The van der Waals surface area contributed by atoms with E-state index in [1.54, 1.807) is 31.2 Å². The van der Waals surface area contributed by atoms with Crippen LogP contribution in [-0.4, -0.2) is 68.5 Å². The Morgan fingerprint density at radius 2 is 1.93 bits per heavy atom. The summed E-state index contributed by atoms with van der Waals surface area (Å²) in [5, 5.41) is 5.14. The molecule has 0 spiro atoms. The molecule has 0 radical (unpaired) electrons. The summed E-state index contributed by atoms with van der Waals surface area (Å²) in [7, 11) is -3.11. The molecule has 0 aromatic heterocycles. The largest absolute Gasteiger partial charge is 0.456 e. The number of rotatable bonds is 8. The van der Waals surface area contributed by atoms with E-state index < -0.39 is 34.4 Å². The van der Waals surface area contributed by atoms with Gasteiger partial charge in [-0.1, -0.05) is 18.2 Å².